The van der Waals surface area contributed by atoms with Crippen LogP contribution in [-0.4, -0.2) is 45.5 Å². The molecule has 1 aliphatic heterocycles. The van der Waals surface area contributed by atoms with E-state index in [1.165, 1.54) is 0 Å². The van der Waals surface area contributed by atoms with Gasteiger partial charge in [0, 0.05) is 25.0 Å². The number of aromatic nitrogens is 2. The number of piperidine rings is 1. The summed E-state index contributed by atoms with van der Waals surface area (Å²) in [7, 11) is 1.59. The molecule has 2 N–H and O–H groups in total. The fourth-order valence-electron chi connectivity index (χ4n) is 3.24. The average molecular weight is 385 g/mol. The van der Waals surface area contributed by atoms with Crippen molar-refractivity contribution in [2.75, 3.05) is 31.6 Å². The summed E-state index contributed by atoms with van der Waals surface area (Å²) in [6.07, 6.45) is 4.51. The lowest BCUT2D eigenvalue weighted by molar-refractivity contribution is 0.380. The molecule has 2 aromatic rings. The van der Waals surface area contributed by atoms with Gasteiger partial charge in [-0.3, -0.25) is 4.55 Å². The van der Waals surface area contributed by atoms with Gasteiger partial charge in [-0.15, -0.1) is 0 Å². The lowest BCUT2D eigenvalue weighted by Crippen LogP contribution is -2.35. The van der Waals surface area contributed by atoms with Crippen LogP contribution < -0.4 is 14.4 Å². The van der Waals surface area contributed by atoms with E-state index in [4.69, 9.17) is 20.9 Å². The first-order valence-corrected chi connectivity index (χ1v) is 9.64. The maximum atomic E-state index is 10.6. The van der Waals surface area contributed by atoms with Crippen molar-refractivity contribution in [3.8, 4) is 5.75 Å². The first kappa shape index (κ1) is 18.3. The van der Waals surface area contributed by atoms with Gasteiger partial charge < -0.3 is 9.64 Å². The summed E-state index contributed by atoms with van der Waals surface area (Å²) >= 11 is 4.26. The predicted octanol–water partition coefficient (Wildman–Crippen LogP) is 2.62. The Bertz CT molecular complexity index is 768. The summed E-state index contributed by atoms with van der Waals surface area (Å²) in [6, 6.07) is 3.69. The van der Waals surface area contributed by atoms with Crippen LogP contribution in [-0.2, 0) is 11.3 Å². The van der Waals surface area contributed by atoms with Crippen molar-refractivity contribution in [3.05, 3.63) is 23.5 Å². The van der Waals surface area contributed by atoms with E-state index in [0.717, 1.165) is 49.1 Å². The molecule has 0 radical (unpaired) electrons. The number of benzene rings is 1. The van der Waals surface area contributed by atoms with E-state index >= 15 is 0 Å². The fraction of sp³-hybridized carbons (Fsp3) is 0.500. The molecule has 2 heterocycles. The van der Waals surface area contributed by atoms with Crippen LogP contribution in [0.25, 0.3) is 10.9 Å². The molecule has 1 fully saturated rings. The second kappa shape index (κ2) is 8.27. The number of methoxy groups -OCH3 is 1. The minimum atomic E-state index is -1.93. The smallest absolute Gasteiger partial charge is 0.231 e. The number of halogens is 1. The molecule has 7 nitrogen and oxygen atoms in total. The fourth-order valence-corrected chi connectivity index (χ4v) is 3.76. The molecule has 0 aliphatic carbocycles. The lowest BCUT2D eigenvalue weighted by Gasteiger charge is -2.33. The molecule has 0 amide bonds. The van der Waals surface area contributed by atoms with Gasteiger partial charge in [-0.1, -0.05) is 11.6 Å². The van der Waals surface area contributed by atoms with Crippen LogP contribution >= 0.6 is 11.6 Å². The van der Waals surface area contributed by atoms with Crippen LogP contribution in [0, 0.1) is 5.92 Å². The van der Waals surface area contributed by atoms with Gasteiger partial charge in [0.25, 0.3) is 0 Å². The minimum absolute atomic E-state index is 0.534. The van der Waals surface area contributed by atoms with Gasteiger partial charge >= 0.3 is 0 Å². The highest BCUT2D eigenvalue weighted by molar-refractivity contribution is 7.77. The lowest BCUT2D eigenvalue weighted by atomic mass is 9.93. The quantitative estimate of drug-likeness (QED) is 0.744. The molecular formula is C16H21ClN4O3S. The number of nitrogens with one attached hydrogen (secondary N) is 1. The van der Waals surface area contributed by atoms with Gasteiger partial charge in [-0.05, 0) is 37.3 Å². The van der Waals surface area contributed by atoms with Gasteiger partial charge in [-0.25, -0.2) is 18.9 Å². The van der Waals surface area contributed by atoms with Gasteiger partial charge in [0.2, 0.25) is 11.3 Å². The van der Waals surface area contributed by atoms with Crippen LogP contribution in [0.5, 0.6) is 5.75 Å². The van der Waals surface area contributed by atoms with Gasteiger partial charge in [0.15, 0.2) is 0 Å². The zero-order valence-corrected chi connectivity index (χ0v) is 15.5. The highest BCUT2D eigenvalue weighted by atomic mass is 35.5. The third kappa shape index (κ3) is 4.38. The van der Waals surface area contributed by atoms with Crippen LogP contribution in [0.15, 0.2) is 18.5 Å². The molecule has 0 bridgehead atoms. The number of hydrogen-bond acceptors (Lipinski definition) is 5. The van der Waals surface area contributed by atoms with Crippen molar-refractivity contribution < 1.29 is 13.5 Å². The van der Waals surface area contributed by atoms with E-state index in [0.29, 0.717) is 23.2 Å². The van der Waals surface area contributed by atoms with Crippen molar-refractivity contribution in [2.24, 2.45) is 5.92 Å². The van der Waals surface area contributed by atoms with E-state index in [-0.39, 0.29) is 0 Å². The number of ether oxygens (including phenoxy) is 1. The van der Waals surface area contributed by atoms with E-state index in [1.807, 2.05) is 6.07 Å². The SMILES string of the molecule is COc1cc2c(N3CCC(CCNS(=O)O)CC3)ncnc2cc1Cl. The Kier molecular flexibility index (Phi) is 6.06. The standard InChI is InChI=1S/C16H21ClN4O3S/c1-24-15-8-12-14(9-13(15)17)18-10-19-16(12)21-6-3-11(4-7-21)2-5-20-25(22)23/h8-11,20H,2-7H2,1H3,(H,22,23). The second-order valence-corrected chi connectivity index (χ2v) is 7.26. The number of fused-ring (bicyclic) bond motifs is 1. The van der Waals surface area contributed by atoms with Gasteiger partial charge in [0.1, 0.15) is 17.9 Å². The molecule has 1 aromatic heterocycles. The van der Waals surface area contributed by atoms with Crippen molar-refractivity contribution in [3.63, 3.8) is 0 Å². The van der Waals surface area contributed by atoms with Crippen LogP contribution in [0.1, 0.15) is 19.3 Å². The third-order valence-corrected chi connectivity index (χ3v) is 5.33. The summed E-state index contributed by atoms with van der Waals surface area (Å²) < 4.78 is 27.3. The minimum Gasteiger partial charge on any atom is -0.495 e. The monoisotopic (exact) mass is 384 g/mol. The molecule has 1 aliphatic rings. The van der Waals surface area contributed by atoms with Gasteiger partial charge in [0.05, 0.1) is 17.6 Å². The second-order valence-electron chi connectivity index (χ2n) is 6.06. The maximum absolute atomic E-state index is 10.6. The first-order valence-electron chi connectivity index (χ1n) is 8.16. The molecule has 1 saturated heterocycles. The van der Waals surface area contributed by atoms with E-state index in [1.54, 1.807) is 19.5 Å². The topological polar surface area (TPSA) is 87.6 Å². The molecule has 9 heteroatoms. The zero-order chi connectivity index (χ0) is 17.8. The molecule has 136 valence electrons. The summed E-state index contributed by atoms with van der Waals surface area (Å²) in [5, 5.41) is 1.46. The molecule has 25 heavy (non-hydrogen) atoms. The maximum Gasteiger partial charge on any atom is 0.231 e. The number of anilines is 1. The Balaban J connectivity index is 1.72. The van der Waals surface area contributed by atoms with Crippen LogP contribution in [0.3, 0.4) is 0 Å². The Morgan fingerprint density at radius 3 is 2.84 bits per heavy atom. The van der Waals surface area contributed by atoms with Crippen molar-refractivity contribution in [1.82, 2.24) is 14.7 Å². The molecule has 1 atom stereocenters. The number of rotatable bonds is 6. The molecule has 3 rings (SSSR count). The van der Waals surface area contributed by atoms with Crippen molar-refractivity contribution in [1.29, 1.82) is 0 Å². The molecule has 1 aromatic carbocycles. The third-order valence-electron chi connectivity index (χ3n) is 4.58. The molecule has 0 saturated carbocycles. The Hall–Kier alpha value is -1.48. The Morgan fingerprint density at radius 1 is 1.40 bits per heavy atom. The van der Waals surface area contributed by atoms with E-state index in [9.17, 15) is 4.21 Å². The number of hydrogen-bond donors (Lipinski definition) is 2. The van der Waals surface area contributed by atoms with Crippen molar-refractivity contribution >= 4 is 39.6 Å². The highest BCUT2D eigenvalue weighted by Gasteiger charge is 2.22. The Labute approximate surface area is 154 Å². The summed E-state index contributed by atoms with van der Waals surface area (Å²) in [6.45, 7) is 2.34. The normalized spacial score (nSPS) is 17.0. The molecular weight excluding hydrogens is 364 g/mol. The Morgan fingerprint density at radius 2 is 2.16 bits per heavy atom. The van der Waals surface area contributed by atoms with Crippen LogP contribution in [0.4, 0.5) is 5.82 Å². The van der Waals surface area contributed by atoms with Crippen molar-refractivity contribution in [2.45, 2.75) is 19.3 Å². The number of nitrogens with zero attached hydrogens (tertiary/aromatic N) is 3. The zero-order valence-electron chi connectivity index (χ0n) is 13.9. The van der Waals surface area contributed by atoms with E-state index < -0.39 is 11.3 Å². The highest BCUT2D eigenvalue weighted by Crippen LogP contribution is 2.34. The predicted molar refractivity (Wildman–Crippen MR) is 99.4 cm³/mol. The molecule has 0 spiro atoms. The summed E-state index contributed by atoms with van der Waals surface area (Å²) in [4.78, 5) is 11.0. The summed E-state index contributed by atoms with van der Waals surface area (Å²) in [5.74, 6) is 2.06. The largest absolute Gasteiger partial charge is 0.495 e. The van der Waals surface area contributed by atoms with Gasteiger partial charge in [-0.2, -0.15) is 0 Å². The van der Waals surface area contributed by atoms with Crippen LogP contribution in [0.2, 0.25) is 5.02 Å². The average Bonchev–Trinajstić information content (AvgIpc) is 2.61. The first-order chi connectivity index (χ1) is 12.1. The molecule has 1 unspecified atom stereocenters. The van der Waals surface area contributed by atoms with E-state index in [2.05, 4.69) is 19.6 Å². The summed E-state index contributed by atoms with van der Waals surface area (Å²) in [5.41, 5.74) is 0.799.